The molecule has 4 rings (SSSR count). The lowest BCUT2D eigenvalue weighted by Gasteiger charge is -2.09. The molecule has 4 aromatic rings. The fourth-order valence-electron chi connectivity index (χ4n) is 2.90. The van der Waals surface area contributed by atoms with Crippen LogP contribution in [0, 0.1) is 5.82 Å². The van der Waals surface area contributed by atoms with E-state index in [-0.39, 0.29) is 11.4 Å². The van der Waals surface area contributed by atoms with Gasteiger partial charge in [0.25, 0.3) is 5.56 Å². The molecular weight excluding hydrogens is 339 g/mol. The Bertz CT molecular complexity index is 1140. The zero-order valence-electron chi connectivity index (χ0n) is 13.5. The molecule has 2 heterocycles. The molecule has 7 heteroatoms. The quantitative estimate of drug-likeness (QED) is 0.527. The Morgan fingerprint density at radius 3 is 2.64 bits per heavy atom. The summed E-state index contributed by atoms with van der Waals surface area (Å²) in [7, 11) is 0. The maximum absolute atomic E-state index is 13.8. The van der Waals surface area contributed by atoms with Crippen LogP contribution in [0.4, 0.5) is 4.39 Å². The van der Waals surface area contributed by atoms with Gasteiger partial charge in [-0.1, -0.05) is 24.3 Å². The summed E-state index contributed by atoms with van der Waals surface area (Å²) < 4.78 is 17.3. The van der Waals surface area contributed by atoms with Crippen LogP contribution < -0.4 is 5.56 Å². The summed E-state index contributed by atoms with van der Waals surface area (Å²) in [5.74, 6) is 1.39. The van der Waals surface area contributed by atoms with Crippen LogP contribution in [0.3, 0.4) is 0 Å². The average Bonchev–Trinajstić information content (AvgIpc) is 3.05. The van der Waals surface area contributed by atoms with Crippen molar-refractivity contribution in [2.24, 2.45) is 0 Å². The van der Waals surface area contributed by atoms with E-state index in [0.717, 1.165) is 5.52 Å². The van der Waals surface area contributed by atoms with E-state index in [4.69, 9.17) is 0 Å². The second-order valence-corrected chi connectivity index (χ2v) is 6.55. The van der Waals surface area contributed by atoms with Crippen molar-refractivity contribution in [3.8, 4) is 0 Å². The van der Waals surface area contributed by atoms with Crippen molar-refractivity contribution in [1.29, 1.82) is 0 Å². The minimum Gasteiger partial charge on any atom is -0.277 e. The maximum Gasteiger partial charge on any atom is 0.262 e. The van der Waals surface area contributed by atoms with E-state index in [1.54, 1.807) is 28.8 Å². The maximum atomic E-state index is 13.8. The van der Waals surface area contributed by atoms with Gasteiger partial charge in [0.2, 0.25) is 5.78 Å². The highest BCUT2D eigenvalue weighted by atomic mass is 32.2. The number of rotatable bonds is 4. The van der Waals surface area contributed by atoms with E-state index in [0.29, 0.717) is 34.2 Å². The number of fused-ring (bicyclic) bond motifs is 3. The van der Waals surface area contributed by atoms with Crippen molar-refractivity contribution in [3.63, 3.8) is 0 Å². The van der Waals surface area contributed by atoms with Crippen LogP contribution >= 0.6 is 11.8 Å². The zero-order valence-corrected chi connectivity index (χ0v) is 14.3. The molecule has 0 aliphatic rings. The Morgan fingerprint density at radius 1 is 1.08 bits per heavy atom. The molecule has 5 nitrogen and oxygen atoms in total. The highest BCUT2D eigenvalue weighted by Crippen LogP contribution is 2.25. The van der Waals surface area contributed by atoms with Crippen molar-refractivity contribution in [2.75, 3.05) is 0 Å². The summed E-state index contributed by atoms with van der Waals surface area (Å²) >= 11 is 1.36. The lowest BCUT2D eigenvalue weighted by atomic mass is 10.2. The molecule has 126 valence electrons. The van der Waals surface area contributed by atoms with Crippen molar-refractivity contribution >= 4 is 28.4 Å². The second-order valence-electron chi connectivity index (χ2n) is 5.54. The Morgan fingerprint density at radius 2 is 1.84 bits per heavy atom. The first kappa shape index (κ1) is 15.8. The molecule has 0 saturated heterocycles. The highest BCUT2D eigenvalue weighted by Gasteiger charge is 2.16. The van der Waals surface area contributed by atoms with Crippen molar-refractivity contribution in [1.82, 2.24) is 19.2 Å². The van der Waals surface area contributed by atoms with Crippen LogP contribution in [-0.2, 0) is 12.3 Å². The van der Waals surface area contributed by atoms with Gasteiger partial charge < -0.3 is 0 Å². The van der Waals surface area contributed by atoms with Crippen LogP contribution in [0.5, 0.6) is 0 Å². The molecule has 0 spiro atoms. The Balaban J connectivity index is 1.87. The lowest BCUT2D eigenvalue weighted by molar-refractivity contribution is 0.602. The fraction of sp³-hybridized carbons (Fsp3) is 0.167. The van der Waals surface area contributed by atoms with Crippen molar-refractivity contribution < 1.29 is 4.39 Å². The highest BCUT2D eigenvalue weighted by molar-refractivity contribution is 7.98. The van der Waals surface area contributed by atoms with Crippen LogP contribution in [-0.4, -0.2) is 19.2 Å². The third-order valence-corrected chi connectivity index (χ3v) is 5.13. The average molecular weight is 354 g/mol. The molecule has 2 aromatic heterocycles. The van der Waals surface area contributed by atoms with Crippen LogP contribution in [0.15, 0.2) is 58.2 Å². The molecule has 0 radical (unpaired) electrons. The van der Waals surface area contributed by atoms with Gasteiger partial charge >= 0.3 is 0 Å². The van der Waals surface area contributed by atoms with Gasteiger partial charge in [-0.15, -0.1) is 22.0 Å². The first-order valence-electron chi connectivity index (χ1n) is 7.93. The minimum atomic E-state index is -0.253. The molecule has 0 unspecified atom stereocenters. The van der Waals surface area contributed by atoms with E-state index in [1.165, 1.54) is 17.8 Å². The summed E-state index contributed by atoms with van der Waals surface area (Å²) in [4.78, 5) is 13.2. The van der Waals surface area contributed by atoms with Crippen LogP contribution in [0.25, 0.3) is 16.7 Å². The van der Waals surface area contributed by atoms with Gasteiger partial charge in [0.15, 0.2) is 0 Å². The minimum absolute atomic E-state index is 0.0775. The third-order valence-electron chi connectivity index (χ3n) is 4.08. The molecule has 0 bridgehead atoms. The molecule has 0 fully saturated rings. The van der Waals surface area contributed by atoms with E-state index in [1.807, 2.05) is 29.5 Å². The van der Waals surface area contributed by atoms with E-state index < -0.39 is 0 Å². The monoisotopic (exact) mass is 354 g/mol. The van der Waals surface area contributed by atoms with Gasteiger partial charge in [-0.25, -0.2) is 4.39 Å². The predicted octanol–water partition coefficient (Wildman–Crippen LogP) is 3.50. The van der Waals surface area contributed by atoms with E-state index in [2.05, 4.69) is 10.2 Å². The number of benzene rings is 2. The Kier molecular flexibility index (Phi) is 4.01. The number of aryl methyl sites for hydroxylation is 1. The molecule has 0 atom stereocenters. The number of nitrogens with zero attached hydrogens (tertiary/aromatic N) is 4. The number of hydrogen-bond donors (Lipinski definition) is 0. The number of aromatic nitrogens is 4. The Hall–Kier alpha value is -2.67. The number of para-hydroxylation sites is 1. The summed E-state index contributed by atoms with van der Waals surface area (Å²) in [5, 5.41) is 9.07. The SMILES string of the molecule is CCn1c(=O)c2ccccc2n2c(CSc3ccccc3F)nnc12. The molecule has 0 N–H and O–H groups in total. The summed E-state index contributed by atoms with van der Waals surface area (Å²) in [6.07, 6.45) is 0. The van der Waals surface area contributed by atoms with Gasteiger partial charge in [-0.3, -0.25) is 13.8 Å². The van der Waals surface area contributed by atoms with Gasteiger partial charge in [-0.2, -0.15) is 0 Å². The van der Waals surface area contributed by atoms with Crippen molar-refractivity contribution in [3.05, 3.63) is 70.5 Å². The summed E-state index contributed by atoms with van der Waals surface area (Å²) in [6.45, 7) is 2.41. The number of halogens is 1. The molecule has 2 aromatic carbocycles. The van der Waals surface area contributed by atoms with Gasteiger partial charge in [0, 0.05) is 11.4 Å². The molecule has 0 saturated carbocycles. The van der Waals surface area contributed by atoms with Gasteiger partial charge in [0.1, 0.15) is 11.6 Å². The van der Waals surface area contributed by atoms with Crippen molar-refractivity contribution in [2.45, 2.75) is 24.1 Å². The normalized spacial score (nSPS) is 11.4. The number of thioether (sulfide) groups is 1. The first-order valence-corrected chi connectivity index (χ1v) is 8.92. The standard InChI is InChI=1S/C18H15FN4OS/c1-2-22-17(24)12-7-3-5-9-14(12)23-16(20-21-18(22)23)11-25-15-10-6-4-8-13(15)19/h3-10H,2,11H2,1H3. The molecule has 25 heavy (non-hydrogen) atoms. The van der Waals surface area contributed by atoms with Crippen LogP contribution in [0.2, 0.25) is 0 Å². The molecule has 0 aliphatic carbocycles. The first-order chi connectivity index (χ1) is 12.2. The second kappa shape index (κ2) is 6.33. The zero-order chi connectivity index (χ0) is 17.4. The summed E-state index contributed by atoms with van der Waals surface area (Å²) in [6, 6.07) is 14.1. The fourth-order valence-corrected chi connectivity index (χ4v) is 3.75. The van der Waals surface area contributed by atoms with Gasteiger partial charge in [0.05, 0.1) is 16.7 Å². The summed E-state index contributed by atoms with van der Waals surface area (Å²) in [5.41, 5.74) is 0.688. The van der Waals surface area contributed by atoms with Gasteiger partial charge in [-0.05, 0) is 31.2 Å². The lowest BCUT2D eigenvalue weighted by Crippen LogP contribution is -2.22. The van der Waals surface area contributed by atoms with E-state index in [9.17, 15) is 9.18 Å². The Labute approximate surface area is 147 Å². The molecule has 0 amide bonds. The van der Waals surface area contributed by atoms with Crippen LogP contribution in [0.1, 0.15) is 12.7 Å². The molecule has 0 aliphatic heterocycles. The largest absolute Gasteiger partial charge is 0.277 e. The third kappa shape index (κ3) is 2.60. The molecular formula is C18H15FN4OS. The smallest absolute Gasteiger partial charge is 0.262 e. The topological polar surface area (TPSA) is 52.2 Å². The van der Waals surface area contributed by atoms with E-state index >= 15 is 0 Å². The number of hydrogen-bond acceptors (Lipinski definition) is 4. The predicted molar refractivity (Wildman–Crippen MR) is 96.4 cm³/mol.